The number of nitrogens with one attached hydrogen (secondary N) is 2. The Morgan fingerprint density at radius 2 is 2.00 bits per heavy atom. The Morgan fingerprint density at radius 1 is 1.12 bits per heavy atom. The van der Waals surface area contributed by atoms with Crippen LogP contribution in [0.2, 0.25) is 10.0 Å². The van der Waals surface area contributed by atoms with Gasteiger partial charge in [-0.25, -0.2) is 4.98 Å². The van der Waals surface area contributed by atoms with Crippen molar-refractivity contribution in [1.29, 1.82) is 0 Å². The highest BCUT2D eigenvalue weighted by Gasteiger charge is 2.07. The van der Waals surface area contributed by atoms with Crippen molar-refractivity contribution in [3.05, 3.63) is 76.3 Å². The zero-order valence-electron chi connectivity index (χ0n) is 12.4. The Bertz CT molecular complexity index is 834. The molecule has 0 fully saturated rings. The first-order valence-corrected chi connectivity index (χ1v) is 7.86. The summed E-state index contributed by atoms with van der Waals surface area (Å²) in [5, 5.41) is 6.79. The highest BCUT2D eigenvalue weighted by atomic mass is 35.5. The summed E-state index contributed by atoms with van der Waals surface area (Å²) in [6.07, 6.45) is 3.06. The van der Waals surface area contributed by atoms with Crippen molar-refractivity contribution in [1.82, 2.24) is 10.3 Å². The largest absolute Gasteiger partial charge is 0.467 e. The molecule has 0 aliphatic heterocycles. The summed E-state index contributed by atoms with van der Waals surface area (Å²) >= 11 is 11.9. The lowest BCUT2D eigenvalue weighted by Gasteiger charge is -2.08. The van der Waals surface area contributed by atoms with Crippen LogP contribution in [0, 0.1) is 0 Å². The topological polar surface area (TPSA) is 67.2 Å². The molecule has 0 saturated heterocycles. The van der Waals surface area contributed by atoms with Gasteiger partial charge < -0.3 is 15.1 Å². The van der Waals surface area contributed by atoms with Crippen LogP contribution in [0.25, 0.3) is 0 Å². The van der Waals surface area contributed by atoms with Gasteiger partial charge in [0.15, 0.2) is 0 Å². The van der Waals surface area contributed by atoms with E-state index in [1.54, 1.807) is 48.7 Å². The number of rotatable bonds is 5. The minimum absolute atomic E-state index is 0.222. The van der Waals surface area contributed by atoms with E-state index < -0.39 is 0 Å². The number of anilines is 2. The van der Waals surface area contributed by atoms with Crippen molar-refractivity contribution in [2.75, 3.05) is 5.32 Å². The SMILES string of the molecule is O=C(NCc1ccco1)c1ccc(Nc2ccc(Cl)c(Cl)c2)nc1. The number of benzene rings is 1. The Hall–Kier alpha value is -2.50. The maximum Gasteiger partial charge on any atom is 0.253 e. The smallest absolute Gasteiger partial charge is 0.253 e. The van der Waals surface area contributed by atoms with Gasteiger partial charge in [-0.1, -0.05) is 23.2 Å². The Kier molecular flexibility index (Phi) is 5.03. The first-order chi connectivity index (χ1) is 11.6. The van der Waals surface area contributed by atoms with Crippen LogP contribution in [0.5, 0.6) is 0 Å². The van der Waals surface area contributed by atoms with Crippen molar-refractivity contribution in [3.8, 4) is 0 Å². The van der Waals surface area contributed by atoms with E-state index in [2.05, 4.69) is 15.6 Å². The predicted molar refractivity (Wildman–Crippen MR) is 93.9 cm³/mol. The molecular weight excluding hydrogens is 349 g/mol. The van der Waals surface area contributed by atoms with E-state index in [1.807, 2.05) is 0 Å². The number of nitrogens with zero attached hydrogens (tertiary/aromatic N) is 1. The minimum atomic E-state index is -0.222. The standard InChI is InChI=1S/C17H13Cl2N3O2/c18-14-5-4-12(8-15(14)19)22-16-6-3-11(9-20-16)17(23)21-10-13-2-1-7-24-13/h1-9H,10H2,(H,20,22)(H,21,23). The van der Waals surface area contributed by atoms with Gasteiger partial charge in [-0.2, -0.15) is 0 Å². The molecule has 1 aromatic carbocycles. The van der Waals surface area contributed by atoms with Crippen LogP contribution in [0.15, 0.2) is 59.3 Å². The molecule has 2 aromatic heterocycles. The predicted octanol–water partition coefficient (Wildman–Crippen LogP) is 4.66. The number of hydrogen-bond donors (Lipinski definition) is 2. The molecule has 0 atom stereocenters. The molecule has 0 aliphatic rings. The Morgan fingerprint density at radius 3 is 2.67 bits per heavy atom. The molecule has 0 spiro atoms. The lowest BCUT2D eigenvalue weighted by atomic mass is 10.2. The van der Waals surface area contributed by atoms with E-state index in [0.717, 1.165) is 5.69 Å². The van der Waals surface area contributed by atoms with Gasteiger partial charge in [0.05, 0.1) is 28.4 Å². The third-order valence-corrected chi connectivity index (χ3v) is 3.96. The number of aromatic nitrogens is 1. The molecular formula is C17H13Cl2N3O2. The van der Waals surface area contributed by atoms with Crippen LogP contribution in [-0.2, 0) is 6.54 Å². The number of amides is 1. The maximum atomic E-state index is 12.0. The van der Waals surface area contributed by atoms with Crippen molar-refractivity contribution in [3.63, 3.8) is 0 Å². The second kappa shape index (κ2) is 7.38. The van der Waals surface area contributed by atoms with E-state index in [4.69, 9.17) is 27.6 Å². The summed E-state index contributed by atoms with van der Waals surface area (Å²) in [6, 6.07) is 12.2. The molecule has 1 amide bonds. The molecule has 2 heterocycles. The number of carbonyl (C=O) groups is 1. The molecule has 5 nitrogen and oxygen atoms in total. The average Bonchev–Trinajstić information content (AvgIpc) is 3.10. The first kappa shape index (κ1) is 16.4. The van der Waals surface area contributed by atoms with Gasteiger partial charge in [0.25, 0.3) is 5.91 Å². The minimum Gasteiger partial charge on any atom is -0.467 e. The quantitative estimate of drug-likeness (QED) is 0.693. The number of pyridine rings is 1. The second-order valence-electron chi connectivity index (χ2n) is 4.95. The molecule has 3 aromatic rings. The lowest BCUT2D eigenvalue weighted by Crippen LogP contribution is -2.22. The fourth-order valence-electron chi connectivity index (χ4n) is 2.01. The second-order valence-corrected chi connectivity index (χ2v) is 5.76. The molecule has 0 unspecified atom stereocenters. The molecule has 24 heavy (non-hydrogen) atoms. The maximum absolute atomic E-state index is 12.0. The zero-order valence-corrected chi connectivity index (χ0v) is 13.9. The van der Waals surface area contributed by atoms with Crippen molar-refractivity contribution in [2.45, 2.75) is 6.54 Å². The van der Waals surface area contributed by atoms with Crippen LogP contribution in [0.1, 0.15) is 16.1 Å². The van der Waals surface area contributed by atoms with E-state index in [-0.39, 0.29) is 5.91 Å². The molecule has 0 bridgehead atoms. The average molecular weight is 362 g/mol. The van der Waals surface area contributed by atoms with Crippen LogP contribution in [0.3, 0.4) is 0 Å². The summed E-state index contributed by atoms with van der Waals surface area (Å²) in [5.41, 5.74) is 1.22. The monoisotopic (exact) mass is 361 g/mol. The van der Waals surface area contributed by atoms with Crippen LogP contribution in [-0.4, -0.2) is 10.9 Å². The molecule has 3 rings (SSSR count). The van der Waals surface area contributed by atoms with E-state index >= 15 is 0 Å². The highest BCUT2D eigenvalue weighted by Crippen LogP contribution is 2.26. The fraction of sp³-hybridized carbons (Fsp3) is 0.0588. The van der Waals surface area contributed by atoms with Gasteiger partial charge in [0.2, 0.25) is 0 Å². The summed E-state index contributed by atoms with van der Waals surface area (Å²) in [7, 11) is 0. The first-order valence-electron chi connectivity index (χ1n) is 7.10. The summed E-state index contributed by atoms with van der Waals surface area (Å²) in [4.78, 5) is 16.3. The van der Waals surface area contributed by atoms with E-state index in [9.17, 15) is 4.79 Å². The van der Waals surface area contributed by atoms with Gasteiger partial charge in [0.1, 0.15) is 11.6 Å². The third-order valence-electron chi connectivity index (χ3n) is 3.22. The number of carbonyl (C=O) groups excluding carboxylic acids is 1. The van der Waals surface area contributed by atoms with Gasteiger partial charge >= 0.3 is 0 Å². The summed E-state index contributed by atoms with van der Waals surface area (Å²) < 4.78 is 5.16. The van der Waals surface area contributed by atoms with Crippen molar-refractivity contribution < 1.29 is 9.21 Å². The van der Waals surface area contributed by atoms with Crippen molar-refractivity contribution >= 4 is 40.6 Å². The number of hydrogen-bond acceptors (Lipinski definition) is 4. The van der Waals surface area contributed by atoms with Gasteiger partial charge in [-0.15, -0.1) is 0 Å². The molecule has 2 N–H and O–H groups in total. The normalized spacial score (nSPS) is 10.4. The lowest BCUT2D eigenvalue weighted by molar-refractivity contribution is 0.0947. The summed E-state index contributed by atoms with van der Waals surface area (Å²) in [5.74, 6) is 1.06. The van der Waals surface area contributed by atoms with Gasteiger partial charge in [-0.05, 0) is 42.5 Å². The number of furan rings is 1. The van der Waals surface area contributed by atoms with Crippen molar-refractivity contribution in [2.24, 2.45) is 0 Å². The van der Waals surface area contributed by atoms with Crippen LogP contribution >= 0.6 is 23.2 Å². The molecule has 0 saturated carbocycles. The van der Waals surface area contributed by atoms with E-state index in [1.165, 1.54) is 6.20 Å². The van der Waals surface area contributed by atoms with Crippen LogP contribution < -0.4 is 10.6 Å². The number of halogens is 2. The fourth-order valence-corrected chi connectivity index (χ4v) is 2.30. The van der Waals surface area contributed by atoms with E-state index in [0.29, 0.717) is 33.7 Å². The zero-order chi connectivity index (χ0) is 16.9. The summed E-state index contributed by atoms with van der Waals surface area (Å²) in [6.45, 7) is 0.328. The molecule has 0 radical (unpaired) electrons. The third kappa shape index (κ3) is 4.07. The molecule has 0 aliphatic carbocycles. The van der Waals surface area contributed by atoms with Gasteiger partial charge in [0, 0.05) is 11.9 Å². The molecule has 122 valence electrons. The Labute approximate surface area is 148 Å². The molecule has 7 heteroatoms. The highest BCUT2D eigenvalue weighted by molar-refractivity contribution is 6.42. The van der Waals surface area contributed by atoms with Crippen LogP contribution in [0.4, 0.5) is 11.5 Å². The Balaban J connectivity index is 1.62. The van der Waals surface area contributed by atoms with Gasteiger partial charge in [-0.3, -0.25) is 4.79 Å².